The molecule has 0 radical (unpaired) electrons. The Hall–Kier alpha value is -1.03. The Morgan fingerprint density at radius 1 is 1.82 bits per heavy atom. The summed E-state index contributed by atoms with van der Waals surface area (Å²) < 4.78 is 0. The minimum absolute atomic E-state index is 0.143. The number of hydrogen-bond donors (Lipinski definition) is 1. The van der Waals surface area contributed by atoms with Gasteiger partial charge in [-0.1, -0.05) is 6.08 Å². The Morgan fingerprint density at radius 2 is 2.45 bits per heavy atom. The number of nitro groups is 1. The molecule has 11 heavy (non-hydrogen) atoms. The van der Waals surface area contributed by atoms with Crippen LogP contribution < -0.4 is 5.73 Å². The fraction of sp³-hybridized carbons (Fsp3) is 0.333. The van der Waals surface area contributed by atoms with Crippen LogP contribution in [0.15, 0.2) is 23.9 Å². The van der Waals surface area contributed by atoms with Crippen LogP contribution in [0.3, 0.4) is 0 Å². The van der Waals surface area contributed by atoms with E-state index in [1.165, 1.54) is 18.2 Å². The first-order valence-electron chi connectivity index (χ1n) is 3.03. The number of nitrogens with zero attached hydrogens (tertiary/aromatic N) is 1. The molecule has 1 aliphatic rings. The SMILES string of the molecule is NC1=CCC(Cl)([N+](=O)[O-])C=C1. The summed E-state index contributed by atoms with van der Waals surface area (Å²) in [6.07, 6.45) is 4.42. The molecule has 1 atom stereocenters. The molecule has 0 spiro atoms. The molecule has 60 valence electrons. The van der Waals surface area contributed by atoms with E-state index in [2.05, 4.69) is 0 Å². The van der Waals surface area contributed by atoms with Gasteiger partial charge >= 0.3 is 5.00 Å². The summed E-state index contributed by atoms with van der Waals surface area (Å²) in [6.45, 7) is 0. The van der Waals surface area contributed by atoms with E-state index in [4.69, 9.17) is 17.3 Å². The lowest BCUT2D eigenvalue weighted by Crippen LogP contribution is -2.30. The molecule has 5 heteroatoms. The highest BCUT2D eigenvalue weighted by Gasteiger charge is 2.37. The van der Waals surface area contributed by atoms with E-state index < -0.39 is 9.92 Å². The first-order chi connectivity index (χ1) is 5.04. The Bertz CT molecular complexity index is 249. The third kappa shape index (κ3) is 1.51. The lowest BCUT2D eigenvalue weighted by molar-refractivity contribution is -0.527. The van der Waals surface area contributed by atoms with Crippen LogP contribution in [0.25, 0.3) is 0 Å². The third-order valence-corrected chi connectivity index (χ3v) is 1.88. The fourth-order valence-electron chi connectivity index (χ4n) is 0.756. The smallest absolute Gasteiger partial charge is 0.317 e. The van der Waals surface area contributed by atoms with Crippen LogP contribution in [0.1, 0.15) is 6.42 Å². The van der Waals surface area contributed by atoms with E-state index in [1.54, 1.807) is 0 Å². The number of rotatable bonds is 1. The molecule has 4 nitrogen and oxygen atoms in total. The van der Waals surface area contributed by atoms with Gasteiger partial charge in [0.15, 0.2) is 0 Å². The van der Waals surface area contributed by atoms with Crippen LogP contribution in [-0.4, -0.2) is 9.92 Å². The van der Waals surface area contributed by atoms with Gasteiger partial charge in [-0.25, -0.2) is 0 Å². The van der Waals surface area contributed by atoms with Crippen molar-refractivity contribution in [3.63, 3.8) is 0 Å². The number of halogens is 1. The van der Waals surface area contributed by atoms with Crippen molar-refractivity contribution < 1.29 is 4.92 Å². The fourth-order valence-corrected chi connectivity index (χ4v) is 0.897. The van der Waals surface area contributed by atoms with E-state index in [0.29, 0.717) is 5.70 Å². The third-order valence-electron chi connectivity index (χ3n) is 1.46. The van der Waals surface area contributed by atoms with E-state index in [9.17, 15) is 10.1 Å². The van der Waals surface area contributed by atoms with Crippen LogP contribution in [0.2, 0.25) is 0 Å². The van der Waals surface area contributed by atoms with Gasteiger partial charge in [0.05, 0.1) is 6.42 Å². The molecule has 0 aromatic heterocycles. The van der Waals surface area contributed by atoms with E-state index >= 15 is 0 Å². The van der Waals surface area contributed by atoms with Gasteiger partial charge in [-0.2, -0.15) is 0 Å². The summed E-state index contributed by atoms with van der Waals surface area (Å²) in [5.41, 5.74) is 5.87. The predicted octanol–water partition coefficient (Wildman–Crippen LogP) is 1.00. The second-order valence-electron chi connectivity index (χ2n) is 2.32. The number of allylic oxidation sites excluding steroid dienone is 1. The van der Waals surface area contributed by atoms with E-state index in [1.807, 2.05) is 0 Å². The zero-order valence-corrected chi connectivity index (χ0v) is 6.41. The van der Waals surface area contributed by atoms with Crippen molar-refractivity contribution in [1.82, 2.24) is 0 Å². The van der Waals surface area contributed by atoms with Crippen molar-refractivity contribution in [3.8, 4) is 0 Å². The summed E-state index contributed by atoms with van der Waals surface area (Å²) in [4.78, 5) is 8.32. The minimum Gasteiger partial charge on any atom is -0.399 e. The summed E-state index contributed by atoms with van der Waals surface area (Å²) in [6, 6.07) is 0. The molecular formula is C6H7ClN2O2. The summed E-state index contributed by atoms with van der Waals surface area (Å²) in [5, 5.41) is 10.3. The number of nitrogens with two attached hydrogens (primary N) is 1. The Labute approximate surface area is 68.5 Å². The zero-order chi connectivity index (χ0) is 8.48. The van der Waals surface area contributed by atoms with Crippen LogP contribution in [0.4, 0.5) is 0 Å². The summed E-state index contributed by atoms with van der Waals surface area (Å²) in [5.74, 6) is 0. The monoisotopic (exact) mass is 174 g/mol. The van der Waals surface area contributed by atoms with Crippen LogP contribution >= 0.6 is 11.6 Å². The molecule has 0 amide bonds. The van der Waals surface area contributed by atoms with Crippen molar-refractivity contribution in [2.45, 2.75) is 11.4 Å². The highest BCUT2D eigenvalue weighted by molar-refractivity contribution is 6.24. The maximum absolute atomic E-state index is 10.3. The Balaban J connectivity index is 2.82. The lowest BCUT2D eigenvalue weighted by Gasteiger charge is -2.15. The maximum Gasteiger partial charge on any atom is 0.317 e. The number of hydrogen-bond acceptors (Lipinski definition) is 3. The van der Waals surface area contributed by atoms with Gasteiger partial charge < -0.3 is 5.73 Å². The molecule has 1 rings (SSSR count). The lowest BCUT2D eigenvalue weighted by atomic mass is 10.1. The summed E-state index contributed by atoms with van der Waals surface area (Å²) >= 11 is 5.59. The maximum atomic E-state index is 10.3. The number of alkyl halides is 1. The quantitative estimate of drug-likeness (QED) is 0.279. The molecular weight excluding hydrogens is 168 g/mol. The van der Waals surface area contributed by atoms with Crippen LogP contribution in [0, 0.1) is 10.1 Å². The highest BCUT2D eigenvalue weighted by atomic mass is 35.5. The van der Waals surface area contributed by atoms with Crippen molar-refractivity contribution in [2.75, 3.05) is 0 Å². The Kier molecular flexibility index (Phi) is 1.87. The first kappa shape index (κ1) is 8.07. The van der Waals surface area contributed by atoms with E-state index in [0.717, 1.165) is 0 Å². The second kappa shape index (κ2) is 2.54. The predicted molar refractivity (Wildman–Crippen MR) is 41.6 cm³/mol. The highest BCUT2D eigenvalue weighted by Crippen LogP contribution is 2.26. The molecule has 1 unspecified atom stereocenters. The molecule has 0 bridgehead atoms. The largest absolute Gasteiger partial charge is 0.399 e. The summed E-state index contributed by atoms with van der Waals surface area (Å²) in [7, 11) is 0. The molecule has 2 N–H and O–H groups in total. The average Bonchev–Trinajstić information content (AvgIpc) is 1.95. The van der Waals surface area contributed by atoms with Crippen molar-refractivity contribution in [2.24, 2.45) is 5.73 Å². The van der Waals surface area contributed by atoms with Crippen molar-refractivity contribution in [3.05, 3.63) is 34.0 Å². The van der Waals surface area contributed by atoms with Gasteiger partial charge in [0, 0.05) is 16.7 Å². The minimum atomic E-state index is -1.48. The van der Waals surface area contributed by atoms with Gasteiger partial charge in [-0.05, 0) is 17.7 Å². The van der Waals surface area contributed by atoms with Crippen molar-refractivity contribution >= 4 is 11.6 Å². The molecule has 0 aromatic carbocycles. The molecule has 0 saturated heterocycles. The Morgan fingerprint density at radius 3 is 2.82 bits per heavy atom. The van der Waals surface area contributed by atoms with Gasteiger partial charge in [-0.15, -0.1) is 0 Å². The normalized spacial score (nSPS) is 29.7. The molecule has 0 saturated carbocycles. The molecule has 0 fully saturated rings. The van der Waals surface area contributed by atoms with Crippen LogP contribution in [-0.2, 0) is 0 Å². The van der Waals surface area contributed by atoms with Crippen LogP contribution in [0.5, 0.6) is 0 Å². The first-order valence-corrected chi connectivity index (χ1v) is 3.41. The zero-order valence-electron chi connectivity index (χ0n) is 5.66. The van der Waals surface area contributed by atoms with E-state index in [-0.39, 0.29) is 6.42 Å². The molecule has 0 aliphatic heterocycles. The second-order valence-corrected chi connectivity index (χ2v) is 2.97. The van der Waals surface area contributed by atoms with Gasteiger partial charge in [0.25, 0.3) is 0 Å². The molecule has 1 aliphatic carbocycles. The van der Waals surface area contributed by atoms with Crippen molar-refractivity contribution in [1.29, 1.82) is 0 Å². The molecule has 0 heterocycles. The van der Waals surface area contributed by atoms with Gasteiger partial charge in [0.1, 0.15) is 0 Å². The van der Waals surface area contributed by atoms with Gasteiger partial charge in [-0.3, -0.25) is 10.1 Å². The standard InChI is InChI=1S/C6H7ClN2O2/c7-6(9(10)11)3-1-5(8)2-4-6/h1-3H,4,8H2. The topological polar surface area (TPSA) is 69.2 Å². The van der Waals surface area contributed by atoms with Gasteiger partial charge in [0.2, 0.25) is 0 Å². The molecule has 0 aromatic rings. The average molecular weight is 175 g/mol.